The lowest BCUT2D eigenvalue weighted by Crippen LogP contribution is -2.36. The van der Waals surface area contributed by atoms with Crippen molar-refractivity contribution in [2.75, 3.05) is 18.4 Å². The largest absolute Gasteiger partial charge is 0.452 e. The molecule has 6 heterocycles. The predicted molar refractivity (Wildman–Crippen MR) is 157 cm³/mol. The molecule has 1 aliphatic rings. The Balaban J connectivity index is 1.26. The second-order valence-corrected chi connectivity index (χ2v) is 12.1. The van der Waals surface area contributed by atoms with E-state index in [4.69, 9.17) is 14.7 Å². The van der Waals surface area contributed by atoms with Gasteiger partial charge >= 0.3 is 0 Å². The van der Waals surface area contributed by atoms with E-state index in [2.05, 4.69) is 26.0 Å². The maximum atomic E-state index is 11.7. The lowest BCUT2D eigenvalue weighted by molar-refractivity contribution is -0.129. The quantitative estimate of drug-likeness (QED) is 0.217. The molecule has 0 bridgehead atoms. The molecule has 198 valence electrons. The summed E-state index contributed by atoms with van der Waals surface area (Å²) in [5.74, 6) is 2.35. The molecule has 8 nitrogen and oxygen atoms in total. The van der Waals surface area contributed by atoms with Crippen molar-refractivity contribution in [2.45, 2.75) is 42.4 Å². The molecule has 1 saturated heterocycles. The Morgan fingerprint density at radius 1 is 1.10 bits per heavy atom. The van der Waals surface area contributed by atoms with Gasteiger partial charge in [-0.05, 0) is 49.4 Å². The molecule has 0 atom stereocenters. The van der Waals surface area contributed by atoms with Crippen LogP contribution in [-0.2, 0) is 4.79 Å². The lowest BCUT2D eigenvalue weighted by atomic mass is 9.94. The van der Waals surface area contributed by atoms with E-state index >= 15 is 0 Å². The third-order valence-electron chi connectivity index (χ3n) is 6.65. The highest BCUT2D eigenvalue weighted by atomic mass is 32.2. The van der Waals surface area contributed by atoms with E-state index < -0.39 is 0 Å². The van der Waals surface area contributed by atoms with Crippen LogP contribution in [0.5, 0.6) is 11.5 Å². The maximum Gasteiger partial charge on any atom is 0.219 e. The van der Waals surface area contributed by atoms with Crippen LogP contribution in [-0.4, -0.2) is 43.8 Å². The number of carbonyl (C=O) groups excluding carboxylic acids is 1. The molecule has 1 fully saturated rings. The molecular formula is C28H26N6O2S3. The van der Waals surface area contributed by atoms with Gasteiger partial charge in [0.1, 0.15) is 5.75 Å². The first kappa shape index (κ1) is 25.7. The van der Waals surface area contributed by atoms with Crippen molar-refractivity contribution in [3.05, 3.63) is 71.1 Å². The van der Waals surface area contributed by atoms with Crippen LogP contribution in [0.25, 0.3) is 10.2 Å². The SMILES string of the molecule is CC(=O)N1CCC(c2csc(Nc3ncc(Sc4ccnc5ccsc45)cc3Oc3cccnc3C)n2)CC1. The normalized spacial score (nSPS) is 14.1. The number of nitrogens with one attached hydrogen (secondary N) is 1. The van der Waals surface area contributed by atoms with Gasteiger partial charge in [-0.3, -0.25) is 14.8 Å². The van der Waals surface area contributed by atoms with Crippen molar-refractivity contribution in [1.29, 1.82) is 0 Å². The van der Waals surface area contributed by atoms with Crippen molar-refractivity contribution in [1.82, 2.24) is 24.8 Å². The summed E-state index contributed by atoms with van der Waals surface area (Å²) in [6.45, 7) is 5.11. The summed E-state index contributed by atoms with van der Waals surface area (Å²) in [7, 11) is 0. The Morgan fingerprint density at radius 3 is 2.79 bits per heavy atom. The van der Waals surface area contributed by atoms with Gasteiger partial charge in [-0.25, -0.2) is 9.97 Å². The number of thiazole rings is 1. The summed E-state index contributed by atoms with van der Waals surface area (Å²) in [4.78, 5) is 34.1. The van der Waals surface area contributed by atoms with E-state index in [1.807, 2.05) is 54.5 Å². The summed E-state index contributed by atoms with van der Waals surface area (Å²) in [6.07, 6.45) is 7.28. The highest BCUT2D eigenvalue weighted by molar-refractivity contribution is 7.99. The van der Waals surface area contributed by atoms with Gasteiger partial charge in [0.05, 0.1) is 21.6 Å². The standard InChI is InChI=1S/C28H26N6O2S3/c1-17-23(4-3-9-29-17)36-24-14-20(39-25-5-10-30-21-8-13-37-26(21)25)15-31-27(24)33-28-32-22(16-38-28)19-6-11-34(12-7-19)18(2)35/h3-5,8-10,13-16,19H,6-7,11-12H2,1-2H3,(H,31,32,33). The molecule has 11 heteroatoms. The Morgan fingerprint density at radius 2 is 1.97 bits per heavy atom. The fraction of sp³-hybridized carbons (Fsp3) is 0.250. The summed E-state index contributed by atoms with van der Waals surface area (Å²) in [5.41, 5.74) is 2.84. The number of piperidine rings is 1. The van der Waals surface area contributed by atoms with Crippen LogP contribution in [0.3, 0.4) is 0 Å². The predicted octanol–water partition coefficient (Wildman–Crippen LogP) is 7.26. The third kappa shape index (κ3) is 5.75. The van der Waals surface area contributed by atoms with E-state index in [1.165, 1.54) is 0 Å². The molecule has 0 aromatic carbocycles. The van der Waals surface area contributed by atoms with Gasteiger partial charge < -0.3 is 15.0 Å². The molecule has 5 aromatic rings. The monoisotopic (exact) mass is 574 g/mol. The van der Waals surface area contributed by atoms with Gasteiger partial charge in [0.2, 0.25) is 5.91 Å². The summed E-state index contributed by atoms with van der Waals surface area (Å²) < 4.78 is 7.50. The minimum Gasteiger partial charge on any atom is -0.452 e. The Bertz CT molecular complexity index is 1630. The molecular weight excluding hydrogens is 549 g/mol. The Hall–Kier alpha value is -3.54. The van der Waals surface area contributed by atoms with E-state index in [-0.39, 0.29) is 5.91 Å². The fourth-order valence-electron chi connectivity index (χ4n) is 4.53. The van der Waals surface area contributed by atoms with Crippen LogP contribution in [0.4, 0.5) is 10.9 Å². The first-order valence-corrected chi connectivity index (χ1v) is 15.2. The molecule has 1 N–H and O–H groups in total. The number of carbonyl (C=O) groups is 1. The first-order valence-electron chi connectivity index (χ1n) is 12.6. The fourth-order valence-corrected chi connectivity index (χ4v) is 7.20. The summed E-state index contributed by atoms with van der Waals surface area (Å²) in [6, 6.07) is 9.82. The molecule has 0 spiro atoms. The zero-order valence-electron chi connectivity index (χ0n) is 21.5. The molecule has 0 unspecified atom stereocenters. The topological polar surface area (TPSA) is 93.1 Å². The molecule has 0 radical (unpaired) electrons. The number of amides is 1. The number of aryl methyl sites for hydroxylation is 1. The van der Waals surface area contributed by atoms with Crippen LogP contribution >= 0.6 is 34.4 Å². The molecule has 6 rings (SSSR count). The van der Waals surface area contributed by atoms with Gasteiger partial charge in [0.15, 0.2) is 16.7 Å². The first-order chi connectivity index (χ1) is 19.0. The number of anilines is 2. The maximum absolute atomic E-state index is 11.7. The third-order valence-corrected chi connectivity index (χ3v) is 9.51. The number of thiophene rings is 1. The second-order valence-electron chi connectivity index (χ2n) is 9.24. The number of aromatic nitrogens is 4. The van der Waals surface area contributed by atoms with Crippen LogP contribution in [0.15, 0.2) is 69.5 Å². The molecule has 1 amide bonds. The molecule has 0 saturated carbocycles. The van der Waals surface area contributed by atoms with E-state index in [1.54, 1.807) is 47.6 Å². The number of pyridine rings is 3. The minimum atomic E-state index is 0.141. The number of rotatable bonds is 7. The van der Waals surface area contributed by atoms with Crippen LogP contribution in [0.2, 0.25) is 0 Å². The molecule has 1 aliphatic heterocycles. The van der Waals surface area contributed by atoms with E-state index in [0.29, 0.717) is 23.2 Å². The lowest BCUT2D eigenvalue weighted by Gasteiger charge is -2.30. The summed E-state index contributed by atoms with van der Waals surface area (Å²) >= 11 is 4.87. The van der Waals surface area contributed by atoms with E-state index in [9.17, 15) is 4.79 Å². The molecule has 39 heavy (non-hydrogen) atoms. The van der Waals surface area contributed by atoms with Crippen molar-refractivity contribution in [3.8, 4) is 11.5 Å². The van der Waals surface area contributed by atoms with Gasteiger partial charge in [-0.2, -0.15) is 0 Å². The summed E-state index contributed by atoms with van der Waals surface area (Å²) in [5, 5.41) is 8.30. The molecule has 5 aromatic heterocycles. The van der Waals surface area contributed by atoms with E-state index in [0.717, 1.165) is 62.5 Å². The average Bonchev–Trinajstić information content (AvgIpc) is 3.62. The van der Waals surface area contributed by atoms with Crippen molar-refractivity contribution >= 4 is 61.5 Å². The van der Waals surface area contributed by atoms with Crippen molar-refractivity contribution < 1.29 is 9.53 Å². The van der Waals surface area contributed by atoms with Gasteiger partial charge in [0, 0.05) is 65.8 Å². The Labute approximate surface area is 238 Å². The van der Waals surface area contributed by atoms with Gasteiger partial charge in [-0.1, -0.05) is 11.8 Å². The zero-order valence-corrected chi connectivity index (χ0v) is 23.9. The van der Waals surface area contributed by atoms with Gasteiger partial charge in [0.25, 0.3) is 0 Å². The highest BCUT2D eigenvalue weighted by Gasteiger charge is 2.24. The Kier molecular flexibility index (Phi) is 7.45. The number of hydrogen-bond acceptors (Lipinski definition) is 10. The van der Waals surface area contributed by atoms with Crippen molar-refractivity contribution in [2.24, 2.45) is 0 Å². The minimum absolute atomic E-state index is 0.141. The number of likely N-dealkylation sites (tertiary alicyclic amines) is 1. The zero-order chi connectivity index (χ0) is 26.8. The number of ether oxygens (including phenoxy) is 1. The second kappa shape index (κ2) is 11.3. The highest BCUT2D eigenvalue weighted by Crippen LogP contribution is 2.40. The van der Waals surface area contributed by atoms with Crippen LogP contribution < -0.4 is 10.1 Å². The van der Waals surface area contributed by atoms with Crippen LogP contribution in [0, 0.1) is 6.92 Å². The van der Waals surface area contributed by atoms with Crippen LogP contribution in [0.1, 0.15) is 37.1 Å². The van der Waals surface area contributed by atoms with Gasteiger partial charge in [-0.15, -0.1) is 22.7 Å². The average molecular weight is 575 g/mol. The van der Waals surface area contributed by atoms with Crippen molar-refractivity contribution in [3.63, 3.8) is 0 Å². The molecule has 0 aliphatic carbocycles. The number of nitrogens with zero attached hydrogens (tertiary/aromatic N) is 5. The smallest absolute Gasteiger partial charge is 0.219 e. The number of hydrogen-bond donors (Lipinski definition) is 1. The number of fused-ring (bicyclic) bond motifs is 1.